The number of carbonyl (C=O) groups excluding carboxylic acids is 1. The summed E-state index contributed by atoms with van der Waals surface area (Å²) in [5.74, 6) is -0.0221. The third-order valence-corrected chi connectivity index (χ3v) is 6.07. The number of anilines is 1. The van der Waals surface area contributed by atoms with Crippen molar-refractivity contribution in [3.8, 4) is 22.3 Å². The lowest BCUT2D eigenvalue weighted by Gasteiger charge is -2.09. The van der Waals surface area contributed by atoms with Gasteiger partial charge in [-0.25, -0.2) is 8.42 Å². The lowest BCUT2D eigenvalue weighted by atomic mass is 9.98. The van der Waals surface area contributed by atoms with E-state index in [4.69, 9.17) is 11.6 Å². The van der Waals surface area contributed by atoms with Crippen molar-refractivity contribution in [1.82, 2.24) is 0 Å². The minimum absolute atomic E-state index is 0.0221. The second-order valence-electron chi connectivity index (χ2n) is 6.59. The Bertz CT molecular complexity index is 1150. The standard InChI is InChI=1S/C21H16ClNO3S/c1-27(25,26)17-8-6-14(7-9-17)13-2-4-15(5-3-13)18-10-16-11-21(24)23-20(16)12-19(18)22/h2-10,12H,11H2,1H3,(H,23,24). The predicted molar refractivity (Wildman–Crippen MR) is 108 cm³/mol. The van der Waals surface area contributed by atoms with Gasteiger partial charge in [0.1, 0.15) is 0 Å². The van der Waals surface area contributed by atoms with Crippen molar-refractivity contribution in [2.75, 3.05) is 11.6 Å². The first-order chi connectivity index (χ1) is 12.8. The summed E-state index contributed by atoms with van der Waals surface area (Å²) < 4.78 is 23.2. The van der Waals surface area contributed by atoms with Gasteiger partial charge >= 0.3 is 0 Å². The maximum absolute atomic E-state index is 11.6. The zero-order chi connectivity index (χ0) is 19.2. The van der Waals surface area contributed by atoms with Crippen molar-refractivity contribution in [3.05, 3.63) is 71.2 Å². The van der Waals surface area contributed by atoms with Gasteiger partial charge in [0.2, 0.25) is 5.91 Å². The molecule has 4 rings (SSSR count). The van der Waals surface area contributed by atoms with Gasteiger partial charge in [0.15, 0.2) is 9.84 Å². The smallest absolute Gasteiger partial charge is 0.228 e. The number of rotatable bonds is 3. The third kappa shape index (κ3) is 3.48. The van der Waals surface area contributed by atoms with Gasteiger partial charge in [0.05, 0.1) is 16.3 Å². The molecule has 0 radical (unpaired) electrons. The first-order valence-electron chi connectivity index (χ1n) is 8.34. The van der Waals surface area contributed by atoms with Crippen molar-refractivity contribution in [2.24, 2.45) is 0 Å². The molecule has 0 aromatic heterocycles. The Morgan fingerprint density at radius 1 is 0.889 bits per heavy atom. The van der Waals surface area contributed by atoms with Gasteiger partial charge in [-0.3, -0.25) is 4.79 Å². The molecule has 0 fully saturated rings. The Labute approximate surface area is 162 Å². The number of sulfone groups is 1. The fourth-order valence-corrected chi connectivity index (χ4v) is 4.11. The van der Waals surface area contributed by atoms with Crippen molar-refractivity contribution < 1.29 is 13.2 Å². The molecule has 1 N–H and O–H groups in total. The lowest BCUT2D eigenvalue weighted by molar-refractivity contribution is -0.115. The van der Waals surface area contributed by atoms with Crippen LogP contribution < -0.4 is 5.32 Å². The maximum atomic E-state index is 11.6. The fraction of sp³-hybridized carbons (Fsp3) is 0.0952. The Morgan fingerprint density at radius 3 is 2.04 bits per heavy atom. The molecule has 1 aliphatic rings. The Hall–Kier alpha value is -2.63. The molecule has 0 unspecified atom stereocenters. The first-order valence-corrected chi connectivity index (χ1v) is 10.6. The molecule has 0 aliphatic carbocycles. The largest absolute Gasteiger partial charge is 0.325 e. The minimum Gasteiger partial charge on any atom is -0.325 e. The van der Waals surface area contributed by atoms with Gasteiger partial charge in [0.25, 0.3) is 0 Å². The molecule has 27 heavy (non-hydrogen) atoms. The van der Waals surface area contributed by atoms with Crippen molar-refractivity contribution in [2.45, 2.75) is 11.3 Å². The van der Waals surface area contributed by atoms with Crippen LogP contribution in [0.4, 0.5) is 5.69 Å². The molecular weight excluding hydrogens is 382 g/mol. The molecule has 0 spiro atoms. The summed E-state index contributed by atoms with van der Waals surface area (Å²) in [5.41, 5.74) is 5.47. The molecule has 0 atom stereocenters. The van der Waals surface area contributed by atoms with E-state index in [-0.39, 0.29) is 5.91 Å². The minimum atomic E-state index is -3.20. The zero-order valence-electron chi connectivity index (χ0n) is 14.5. The lowest BCUT2D eigenvalue weighted by Crippen LogP contribution is -2.03. The van der Waals surface area contributed by atoms with Gasteiger partial charge < -0.3 is 5.32 Å². The van der Waals surface area contributed by atoms with Crippen LogP contribution in [-0.4, -0.2) is 20.6 Å². The van der Waals surface area contributed by atoms with Crippen molar-refractivity contribution >= 4 is 33.0 Å². The van der Waals surface area contributed by atoms with E-state index in [0.717, 1.165) is 33.5 Å². The fourth-order valence-electron chi connectivity index (χ4n) is 3.21. The summed E-state index contributed by atoms with van der Waals surface area (Å²) >= 11 is 6.40. The normalized spacial score (nSPS) is 13.3. The number of benzene rings is 3. The van der Waals surface area contributed by atoms with E-state index in [1.165, 1.54) is 6.26 Å². The van der Waals surface area contributed by atoms with Crippen LogP contribution in [0.25, 0.3) is 22.3 Å². The molecule has 0 saturated carbocycles. The average Bonchev–Trinajstić information content (AvgIpc) is 2.99. The second kappa shape index (κ2) is 6.51. The molecule has 3 aromatic rings. The topological polar surface area (TPSA) is 63.2 Å². The molecule has 136 valence electrons. The predicted octanol–water partition coefficient (Wildman–Crippen LogP) is 4.57. The van der Waals surface area contributed by atoms with E-state index in [9.17, 15) is 13.2 Å². The number of fused-ring (bicyclic) bond motifs is 1. The molecule has 6 heteroatoms. The number of carbonyl (C=O) groups is 1. The highest BCUT2D eigenvalue weighted by atomic mass is 35.5. The average molecular weight is 398 g/mol. The summed E-state index contributed by atoms with van der Waals surface area (Å²) in [6, 6.07) is 18.4. The Kier molecular flexibility index (Phi) is 4.29. The molecule has 3 aromatic carbocycles. The van der Waals surface area contributed by atoms with E-state index in [0.29, 0.717) is 16.3 Å². The SMILES string of the molecule is CS(=O)(=O)c1ccc(-c2ccc(-c3cc4c(cc3Cl)NC(=O)C4)cc2)cc1. The quantitative estimate of drug-likeness (QED) is 0.704. The van der Waals surface area contributed by atoms with Crippen LogP contribution >= 0.6 is 11.6 Å². The number of hydrogen-bond acceptors (Lipinski definition) is 3. The van der Waals surface area contributed by atoms with E-state index in [1.807, 2.05) is 30.3 Å². The third-order valence-electron chi connectivity index (χ3n) is 4.63. The highest BCUT2D eigenvalue weighted by Crippen LogP contribution is 2.36. The summed E-state index contributed by atoms with van der Waals surface area (Å²) in [5, 5.41) is 3.38. The van der Waals surface area contributed by atoms with Gasteiger partial charge in [-0.15, -0.1) is 0 Å². The van der Waals surface area contributed by atoms with Gasteiger partial charge in [0, 0.05) is 17.5 Å². The van der Waals surface area contributed by atoms with Crippen LogP contribution in [0.1, 0.15) is 5.56 Å². The van der Waals surface area contributed by atoms with E-state index in [2.05, 4.69) is 5.32 Å². The maximum Gasteiger partial charge on any atom is 0.228 e. The summed E-state index contributed by atoms with van der Waals surface area (Å²) in [4.78, 5) is 11.9. The van der Waals surface area contributed by atoms with Crippen LogP contribution in [0.2, 0.25) is 5.02 Å². The number of nitrogens with one attached hydrogen (secondary N) is 1. The Balaban J connectivity index is 1.65. The van der Waals surface area contributed by atoms with Crippen LogP contribution in [0, 0.1) is 0 Å². The van der Waals surface area contributed by atoms with Crippen LogP contribution in [0.3, 0.4) is 0 Å². The van der Waals surface area contributed by atoms with Crippen LogP contribution in [0.5, 0.6) is 0 Å². The van der Waals surface area contributed by atoms with Crippen LogP contribution in [-0.2, 0) is 21.1 Å². The van der Waals surface area contributed by atoms with E-state index < -0.39 is 9.84 Å². The molecule has 0 saturated heterocycles. The van der Waals surface area contributed by atoms with Gasteiger partial charge in [-0.05, 0) is 46.5 Å². The van der Waals surface area contributed by atoms with Crippen molar-refractivity contribution in [1.29, 1.82) is 0 Å². The van der Waals surface area contributed by atoms with Crippen molar-refractivity contribution in [3.63, 3.8) is 0 Å². The number of halogens is 1. The zero-order valence-corrected chi connectivity index (χ0v) is 16.1. The molecule has 0 bridgehead atoms. The number of amides is 1. The second-order valence-corrected chi connectivity index (χ2v) is 9.01. The first kappa shape index (κ1) is 17.8. The molecule has 4 nitrogen and oxygen atoms in total. The Morgan fingerprint density at radius 2 is 1.44 bits per heavy atom. The summed E-state index contributed by atoms with van der Waals surface area (Å²) in [6.07, 6.45) is 1.56. The van der Waals surface area contributed by atoms with E-state index >= 15 is 0 Å². The highest BCUT2D eigenvalue weighted by molar-refractivity contribution is 7.90. The summed E-state index contributed by atoms with van der Waals surface area (Å²) in [7, 11) is -3.20. The highest BCUT2D eigenvalue weighted by Gasteiger charge is 2.20. The monoisotopic (exact) mass is 397 g/mol. The molecule has 1 aliphatic heterocycles. The van der Waals surface area contributed by atoms with Crippen LogP contribution in [0.15, 0.2) is 65.6 Å². The van der Waals surface area contributed by atoms with Gasteiger partial charge in [-0.2, -0.15) is 0 Å². The summed E-state index contributed by atoms with van der Waals surface area (Å²) in [6.45, 7) is 0. The molecule has 1 heterocycles. The number of hydrogen-bond donors (Lipinski definition) is 1. The molecular formula is C21H16ClNO3S. The van der Waals surface area contributed by atoms with Gasteiger partial charge in [-0.1, -0.05) is 48.0 Å². The van der Waals surface area contributed by atoms with E-state index in [1.54, 1.807) is 30.3 Å². The molecule has 1 amide bonds.